The lowest BCUT2D eigenvalue weighted by Crippen LogP contribution is -2.55. The minimum atomic E-state index is -1.25. The van der Waals surface area contributed by atoms with Crippen LogP contribution in [-0.4, -0.2) is 68.8 Å². The van der Waals surface area contributed by atoms with Crippen LogP contribution in [0.5, 0.6) is 0 Å². The number of nitrogens with two attached hydrogens (primary N) is 2. The molecule has 0 saturated carbocycles. The quantitative estimate of drug-likeness (QED) is 0.184. The van der Waals surface area contributed by atoms with E-state index in [0.29, 0.717) is 5.69 Å². The molecule has 0 aromatic carbocycles. The fraction of sp³-hybridized carbons (Fsp3) is 0.529. The highest BCUT2D eigenvalue weighted by Crippen LogP contribution is 2.00. The van der Waals surface area contributed by atoms with Crippen molar-refractivity contribution in [1.29, 1.82) is 0 Å². The molecule has 13 nitrogen and oxygen atoms in total. The first-order chi connectivity index (χ1) is 14.0. The maximum absolute atomic E-state index is 12.3. The molecule has 9 N–H and O–H groups in total. The van der Waals surface area contributed by atoms with Gasteiger partial charge in [-0.3, -0.25) is 19.2 Å². The van der Waals surface area contributed by atoms with Crippen molar-refractivity contribution in [1.82, 2.24) is 25.9 Å². The summed E-state index contributed by atoms with van der Waals surface area (Å²) < 4.78 is 0. The van der Waals surface area contributed by atoms with Gasteiger partial charge < -0.3 is 37.5 Å². The van der Waals surface area contributed by atoms with E-state index in [-0.39, 0.29) is 19.3 Å². The molecule has 1 aromatic rings. The fourth-order valence-electron chi connectivity index (χ4n) is 2.33. The average Bonchev–Trinajstić information content (AvgIpc) is 3.18. The van der Waals surface area contributed by atoms with Crippen LogP contribution in [0.4, 0.5) is 0 Å². The normalized spacial score (nSPS) is 14.6. The van der Waals surface area contributed by atoms with E-state index in [1.165, 1.54) is 26.4 Å². The van der Waals surface area contributed by atoms with Crippen LogP contribution in [0.15, 0.2) is 12.5 Å². The first kappa shape index (κ1) is 24.6. The Kier molecular flexibility index (Phi) is 9.42. The number of nitrogens with zero attached hydrogens (tertiary/aromatic N) is 1. The van der Waals surface area contributed by atoms with Crippen LogP contribution in [0.1, 0.15) is 32.4 Å². The Balaban J connectivity index is 2.54. The van der Waals surface area contributed by atoms with Crippen LogP contribution in [0.3, 0.4) is 0 Å². The Morgan fingerprint density at radius 2 is 1.63 bits per heavy atom. The number of hydrogen-bond donors (Lipinski definition) is 7. The molecule has 30 heavy (non-hydrogen) atoms. The van der Waals surface area contributed by atoms with Gasteiger partial charge in [0.1, 0.15) is 18.1 Å². The van der Waals surface area contributed by atoms with Gasteiger partial charge in [0.25, 0.3) is 0 Å². The van der Waals surface area contributed by atoms with Gasteiger partial charge in [-0.2, -0.15) is 0 Å². The number of carbonyl (C=O) groups is 5. The van der Waals surface area contributed by atoms with E-state index >= 15 is 0 Å². The Morgan fingerprint density at radius 1 is 1.07 bits per heavy atom. The number of rotatable bonds is 12. The topological polar surface area (TPSA) is 222 Å². The number of carbonyl (C=O) groups excluding carboxylic acids is 4. The summed E-state index contributed by atoms with van der Waals surface area (Å²) in [6.07, 6.45) is 2.76. The number of aromatic nitrogens is 2. The van der Waals surface area contributed by atoms with Crippen LogP contribution in [-0.2, 0) is 30.4 Å². The molecular weight excluding hydrogens is 398 g/mol. The molecule has 0 spiro atoms. The van der Waals surface area contributed by atoms with Crippen molar-refractivity contribution in [2.45, 2.75) is 57.3 Å². The standard InChI is InChI=1S/C17H27N7O6/c1-8(23-16(28)11(18)3-4-13(19)25)14(26)22-9(2)15(27)24-12(17(29)30)5-10-6-20-7-21-10/h6-9,11-12H,3-5,18H2,1-2H3,(H2,19,25)(H,20,21)(H,22,26)(H,23,28)(H,24,27)(H,29,30). The number of carboxylic acids is 1. The van der Waals surface area contributed by atoms with E-state index in [9.17, 15) is 29.1 Å². The van der Waals surface area contributed by atoms with Crippen LogP contribution in [0.2, 0.25) is 0 Å². The Morgan fingerprint density at radius 3 is 2.13 bits per heavy atom. The first-order valence-corrected chi connectivity index (χ1v) is 9.16. The second-order valence-corrected chi connectivity index (χ2v) is 6.75. The van der Waals surface area contributed by atoms with Crippen molar-refractivity contribution in [2.24, 2.45) is 11.5 Å². The monoisotopic (exact) mass is 425 g/mol. The number of nitrogens with one attached hydrogen (secondary N) is 4. The SMILES string of the molecule is CC(NC(=O)C(N)CCC(N)=O)C(=O)NC(C)C(=O)NC(Cc1cnc[nH]1)C(=O)O. The average molecular weight is 425 g/mol. The van der Waals surface area contributed by atoms with Crippen molar-refractivity contribution in [3.63, 3.8) is 0 Å². The molecule has 0 saturated heterocycles. The van der Waals surface area contributed by atoms with Crippen molar-refractivity contribution in [3.8, 4) is 0 Å². The van der Waals surface area contributed by atoms with Gasteiger partial charge in [-0.05, 0) is 20.3 Å². The first-order valence-electron chi connectivity index (χ1n) is 9.16. The molecule has 0 fully saturated rings. The second-order valence-electron chi connectivity index (χ2n) is 6.75. The third-order valence-electron chi connectivity index (χ3n) is 4.14. The van der Waals surface area contributed by atoms with E-state index < -0.39 is 53.8 Å². The van der Waals surface area contributed by atoms with E-state index in [4.69, 9.17) is 11.5 Å². The van der Waals surface area contributed by atoms with E-state index in [1.54, 1.807) is 0 Å². The maximum atomic E-state index is 12.3. The van der Waals surface area contributed by atoms with Crippen LogP contribution in [0, 0.1) is 0 Å². The molecule has 1 rings (SSSR count). The summed E-state index contributed by atoms with van der Waals surface area (Å²) >= 11 is 0. The van der Waals surface area contributed by atoms with Gasteiger partial charge in [0, 0.05) is 24.7 Å². The minimum absolute atomic E-state index is 0.0165. The number of aromatic amines is 1. The van der Waals surface area contributed by atoms with Crippen molar-refractivity contribution < 1.29 is 29.1 Å². The molecule has 0 radical (unpaired) electrons. The highest BCUT2D eigenvalue weighted by Gasteiger charge is 2.26. The smallest absolute Gasteiger partial charge is 0.326 e. The molecule has 166 valence electrons. The zero-order chi connectivity index (χ0) is 22.8. The Hall–Kier alpha value is -3.48. The van der Waals surface area contributed by atoms with E-state index in [0.717, 1.165) is 0 Å². The number of primary amides is 1. The summed E-state index contributed by atoms with van der Waals surface area (Å²) in [5, 5.41) is 16.4. The molecule has 4 unspecified atom stereocenters. The second kappa shape index (κ2) is 11.5. The highest BCUT2D eigenvalue weighted by atomic mass is 16.4. The van der Waals surface area contributed by atoms with Crippen molar-refractivity contribution in [2.75, 3.05) is 0 Å². The number of H-pyrrole nitrogens is 1. The molecule has 1 heterocycles. The molecule has 0 aliphatic rings. The highest BCUT2D eigenvalue weighted by molar-refractivity contribution is 5.93. The molecule has 0 bridgehead atoms. The Labute approximate surface area is 172 Å². The molecule has 1 aromatic heterocycles. The lowest BCUT2D eigenvalue weighted by atomic mass is 10.1. The summed E-state index contributed by atoms with van der Waals surface area (Å²) in [5.41, 5.74) is 11.1. The van der Waals surface area contributed by atoms with Gasteiger partial charge in [0.15, 0.2) is 0 Å². The number of aliphatic carboxylic acids is 1. The van der Waals surface area contributed by atoms with Gasteiger partial charge in [0.05, 0.1) is 12.4 Å². The lowest BCUT2D eigenvalue weighted by molar-refractivity contribution is -0.142. The predicted octanol–water partition coefficient (Wildman–Crippen LogP) is -2.88. The number of amides is 4. The summed E-state index contributed by atoms with van der Waals surface area (Å²) in [5.74, 6) is -3.89. The fourth-order valence-corrected chi connectivity index (χ4v) is 2.33. The Bertz CT molecular complexity index is 767. The molecule has 0 aliphatic heterocycles. The molecular formula is C17H27N7O6. The largest absolute Gasteiger partial charge is 0.480 e. The summed E-state index contributed by atoms with van der Waals surface area (Å²) in [4.78, 5) is 65.0. The van der Waals surface area contributed by atoms with Crippen LogP contribution in [0.25, 0.3) is 0 Å². The maximum Gasteiger partial charge on any atom is 0.326 e. The third kappa shape index (κ3) is 8.26. The lowest BCUT2D eigenvalue weighted by Gasteiger charge is -2.21. The van der Waals surface area contributed by atoms with Crippen molar-refractivity contribution >= 4 is 29.6 Å². The zero-order valence-electron chi connectivity index (χ0n) is 16.7. The number of imidazole rings is 1. The number of hydrogen-bond acceptors (Lipinski definition) is 7. The predicted molar refractivity (Wildman–Crippen MR) is 103 cm³/mol. The van der Waals surface area contributed by atoms with E-state index in [2.05, 4.69) is 25.9 Å². The summed E-state index contributed by atoms with van der Waals surface area (Å²) in [6.45, 7) is 2.76. The number of carboxylic acid groups (broad SMARTS) is 1. The molecule has 13 heteroatoms. The molecule has 0 aliphatic carbocycles. The van der Waals surface area contributed by atoms with Gasteiger partial charge in [0.2, 0.25) is 23.6 Å². The van der Waals surface area contributed by atoms with Crippen LogP contribution < -0.4 is 27.4 Å². The van der Waals surface area contributed by atoms with Crippen LogP contribution >= 0.6 is 0 Å². The molecule has 4 atom stereocenters. The van der Waals surface area contributed by atoms with E-state index in [1.807, 2.05) is 0 Å². The van der Waals surface area contributed by atoms with Gasteiger partial charge in [-0.15, -0.1) is 0 Å². The zero-order valence-corrected chi connectivity index (χ0v) is 16.7. The summed E-state index contributed by atoms with van der Waals surface area (Å²) in [6, 6.07) is -4.33. The minimum Gasteiger partial charge on any atom is -0.480 e. The van der Waals surface area contributed by atoms with Gasteiger partial charge in [-0.1, -0.05) is 0 Å². The van der Waals surface area contributed by atoms with Gasteiger partial charge in [-0.25, -0.2) is 9.78 Å². The summed E-state index contributed by atoms with van der Waals surface area (Å²) in [7, 11) is 0. The molecule has 4 amide bonds. The van der Waals surface area contributed by atoms with Gasteiger partial charge >= 0.3 is 5.97 Å². The third-order valence-corrected chi connectivity index (χ3v) is 4.14. The van der Waals surface area contributed by atoms with Crippen molar-refractivity contribution in [3.05, 3.63) is 18.2 Å².